The van der Waals surface area contributed by atoms with E-state index < -0.39 is 10.0 Å². The number of likely N-dealkylation sites (tertiary alicyclic amines) is 1. The van der Waals surface area contributed by atoms with Gasteiger partial charge in [-0.1, -0.05) is 19.4 Å². The van der Waals surface area contributed by atoms with Crippen LogP contribution in [-0.4, -0.2) is 51.4 Å². The minimum absolute atomic E-state index is 0.0536. The van der Waals surface area contributed by atoms with Crippen LogP contribution < -0.4 is 10.2 Å². The Kier molecular flexibility index (Phi) is 6.32. The van der Waals surface area contributed by atoms with E-state index in [0.717, 1.165) is 51.1 Å². The molecule has 2 heterocycles. The number of amides is 1. The zero-order valence-electron chi connectivity index (χ0n) is 15.5. The number of rotatable bonds is 5. The van der Waals surface area contributed by atoms with E-state index in [0.29, 0.717) is 25.3 Å². The lowest BCUT2D eigenvalue weighted by atomic mass is 9.99. The number of quaternary nitrogens is 1. The molecule has 26 heavy (non-hydrogen) atoms. The van der Waals surface area contributed by atoms with Gasteiger partial charge < -0.3 is 10.2 Å². The monoisotopic (exact) mass is 380 g/mol. The number of hydrogen-bond donors (Lipinski definition) is 2. The van der Waals surface area contributed by atoms with Crippen LogP contribution >= 0.6 is 0 Å². The van der Waals surface area contributed by atoms with Crippen molar-refractivity contribution in [1.82, 2.24) is 4.31 Å². The SMILES string of the molecule is CC1CC[NH+](CC(=O)Nc2cccc(S(=O)(=O)N3CCCCC3)c2)CC1. The van der Waals surface area contributed by atoms with Crippen LogP contribution in [0.25, 0.3) is 0 Å². The number of nitrogens with zero attached hydrogens (tertiary/aromatic N) is 1. The molecule has 2 saturated heterocycles. The summed E-state index contributed by atoms with van der Waals surface area (Å²) >= 11 is 0. The van der Waals surface area contributed by atoms with Crippen molar-refractivity contribution in [3.8, 4) is 0 Å². The van der Waals surface area contributed by atoms with Gasteiger partial charge in [0, 0.05) is 18.8 Å². The van der Waals surface area contributed by atoms with Crippen LogP contribution in [0, 0.1) is 5.92 Å². The number of piperidine rings is 2. The van der Waals surface area contributed by atoms with Crippen LogP contribution in [0.3, 0.4) is 0 Å². The van der Waals surface area contributed by atoms with Crippen molar-refractivity contribution in [3.05, 3.63) is 24.3 Å². The average Bonchev–Trinajstić information content (AvgIpc) is 2.64. The van der Waals surface area contributed by atoms with E-state index in [9.17, 15) is 13.2 Å². The smallest absolute Gasteiger partial charge is 0.279 e. The van der Waals surface area contributed by atoms with Crippen LogP contribution in [-0.2, 0) is 14.8 Å². The highest BCUT2D eigenvalue weighted by atomic mass is 32.2. The number of carbonyl (C=O) groups is 1. The maximum absolute atomic E-state index is 12.8. The molecule has 1 aromatic carbocycles. The summed E-state index contributed by atoms with van der Waals surface area (Å²) in [6.07, 6.45) is 5.22. The van der Waals surface area contributed by atoms with Gasteiger partial charge in [-0.15, -0.1) is 0 Å². The molecule has 6 nitrogen and oxygen atoms in total. The predicted molar refractivity (Wildman–Crippen MR) is 102 cm³/mol. The highest BCUT2D eigenvalue weighted by molar-refractivity contribution is 7.89. The van der Waals surface area contributed by atoms with Crippen LogP contribution in [0.5, 0.6) is 0 Å². The van der Waals surface area contributed by atoms with Crippen molar-refractivity contribution in [2.24, 2.45) is 5.92 Å². The van der Waals surface area contributed by atoms with Crippen LogP contribution in [0.4, 0.5) is 5.69 Å². The Balaban J connectivity index is 1.62. The lowest BCUT2D eigenvalue weighted by Crippen LogP contribution is -3.14. The quantitative estimate of drug-likeness (QED) is 0.804. The normalized spacial score (nSPS) is 25.0. The fourth-order valence-electron chi connectivity index (χ4n) is 3.77. The first-order chi connectivity index (χ1) is 12.4. The van der Waals surface area contributed by atoms with Crippen LogP contribution in [0.2, 0.25) is 0 Å². The van der Waals surface area contributed by atoms with E-state index in [1.54, 1.807) is 28.6 Å². The van der Waals surface area contributed by atoms with Crippen molar-refractivity contribution in [1.29, 1.82) is 0 Å². The van der Waals surface area contributed by atoms with Gasteiger partial charge in [0.25, 0.3) is 5.91 Å². The highest BCUT2D eigenvalue weighted by Crippen LogP contribution is 2.22. The molecule has 0 spiro atoms. The minimum atomic E-state index is -3.48. The van der Waals surface area contributed by atoms with E-state index in [4.69, 9.17) is 0 Å². The number of nitrogens with one attached hydrogen (secondary N) is 2. The molecular formula is C19H30N3O3S+. The second-order valence-corrected chi connectivity index (χ2v) is 9.59. The number of hydrogen-bond acceptors (Lipinski definition) is 3. The zero-order chi connectivity index (χ0) is 18.6. The van der Waals surface area contributed by atoms with Crippen LogP contribution in [0.15, 0.2) is 29.2 Å². The summed E-state index contributed by atoms with van der Waals surface area (Å²) in [7, 11) is -3.48. The molecule has 1 amide bonds. The Bertz CT molecular complexity index is 721. The van der Waals surface area contributed by atoms with Gasteiger partial charge in [-0.05, 0) is 49.8 Å². The largest absolute Gasteiger partial charge is 0.327 e. The van der Waals surface area contributed by atoms with Crippen molar-refractivity contribution in [2.75, 3.05) is 38.0 Å². The Morgan fingerprint density at radius 3 is 2.58 bits per heavy atom. The van der Waals surface area contributed by atoms with Crippen LogP contribution in [0.1, 0.15) is 39.0 Å². The molecule has 2 aliphatic heterocycles. The van der Waals surface area contributed by atoms with Gasteiger partial charge in [-0.25, -0.2) is 8.42 Å². The molecule has 0 aliphatic carbocycles. The molecule has 144 valence electrons. The van der Waals surface area contributed by atoms with Gasteiger partial charge in [-0.2, -0.15) is 4.31 Å². The third-order valence-corrected chi connectivity index (χ3v) is 7.36. The molecule has 7 heteroatoms. The summed E-state index contributed by atoms with van der Waals surface area (Å²) in [5.74, 6) is 0.695. The molecule has 0 saturated carbocycles. The fraction of sp³-hybridized carbons (Fsp3) is 0.632. The van der Waals surface area contributed by atoms with E-state index >= 15 is 0 Å². The minimum Gasteiger partial charge on any atom is -0.327 e. The maximum Gasteiger partial charge on any atom is 0.279 e. The molecule has 1 aromatic rings. The van der Waals surface area contributed by atoms with Gasteiger partial charge in [0.1, 0.15) is 0 Å². The average molecular weight is 381 g/mol. The summed E-state index contributed by atoms with van der Waals surface area (Å²) in [6, 6.07) is 6.63. The maximum atomic E-state index is 12.8. The Morgan fingerprint density at radius 2 is 1.88 bits per heavy atom. The first kappa shape index (κ1) is 19.3. The topological polar surface area (TPSA) is 70.9 Å². The molecular weight excluding hydrogens is 350 g/mol. The Labute approximate surface area is 156 Å². The van der Waals surface area contributed by atoms with E-state index in [2.05, 4.69) is 12.2 Å². The molecule has 0 atom stereocenters. The third-order valence-electron chi connectivity index (χ3n) is 5.46. The van der Waals surface area contributed by atoms with E-state index in [1.807, 2.05) is 0 Å². The van der Waals surface area contributed by atoms with Crippen molar-refractivity contribution in [2.45, 2.75) is 43.9 Å². The summed E-state index contributed by atoms with van der Waals surface area (Å²) in [4.78, 5) is 13.9. The Morgan fingerprint density at radius 1 is 1.19 bits per heavy atom. The molecule has 0 radical (unpaired) electrons. The zero-order valence-corrected chi connectivity index (χ0v) is 16.4. The Hall–Kier alpha value is -1.44. The fourth-order valence-corrected chi connectivity index (χ4v) is 5.33. The first-order valence-corrected chi connectivity index (χ1v) is 11.1. The summed E-state index contributed by atoms with van der Waals surface area (Å²) in [5.41, 5.74) is 0.554. The van der Waals surface area contributed by atoms with E-state index in [-0.39, 0.29) is 10.8 Å². The number of anilines is 1. The molecule has 0 aromatic heterocycles. The number of sulfonamides is 1. The molecule has 0 unspecified atom stereocenters. The molecule has 2 aliphatic rings. The molecule has 2 fully saturated rings. The molecule has 0 bridgehead atoms. The predicted octanol–water partition coefficient (Wildman–Crippen LogP) is 1.11. The highest BCUT2D eigenvalue weighted by Gasteiger charge is 2.26. The van der Waals surface area contributed by atoms with Gasteiger partial charge in [0.05, 0.1) is 18.0 Å². The van der Waals surface area contributed by atoms with Gasteiger partial charge >= 0.3 is 0 Å². The van der Waals surface area contributed by atoms with Gasteiger partial charge in [-0.3, -0.25) is 4.79 Å². The lowest BCUT2D eigenvalue weighted by Gasteiger charge is -2.27. The summed E-state index contributed by atoms with van der Waals surface area (Å²) in [6.45, 7) is 5.90. The lowest BCUT2D eigenvalue weighted by molar-refractivity contribution is -0.897. The van der Waals surface area contributed by atoms with E-state index in [1.165, 1.54) is 4.90 Å². The molecule has 2 N–H and O–H groups in total. The standard InChI is InChI=1S/C19H29N3O3S/c1-16-8-12-21(13-9-16)15-19(23)20-17-6-5-7-18(14-17)26(24,25)22-10-3-2-4-11-22/h5-7,14,16H,2-4,8-13,15H2,1H3,(H,20,23)/p+1. The second kappa shape index (κ2) is 8.50. The van der Waals surface area contributed by atoms with Crippen molar-refractivity contribution < 1.29 is 18.1 Å². The number of benzene rings is 1. The number of carbonyl (C=O) groups excluding carboxylic acids is 1. The van der Waals surface area contributed by atoms with Gasteiger partial charge in [0.15, 0.2) is 6.54 Å². The summed E-state index contributed by atoms with van der Waals surface area (Å²) in [5, 5.41) is 2.87. The third kappa shape index (κ3) is 4.84. The molecule has 3 rings (SSSR count). The van der Waals surface area contributed by atoms with Gasteiger partial charge in [0.2, 0.25) is 10.0 Å². The van der Waals surface area contributed by atoms with Crippen molar-refractivity contribution >= 4 is 21.6 Å². The van der Waals surface area contributed by atoms with Crippen molar-refractivity contribution in [3.63, 3.8) is 0 Å². The first-order valence-electron chi connectivity index (χ1n) is 9.69. The summed E-state index contributed by atoms with van der Waals surface area (Å²) < 4.78 is 27.1. The second-order valence-electron chi connectivity index (χ2n) is 7.65.